The maximum absolute atomic E-state index is 13.0. The summed E-state index contributed by atoms with van der Waals surface area (Å²) in [6, 6.07) is 17.1. The Morgan fingerprint density at radius 1 is 1.24 bits per heavy atom. The number of ether oxygens (including phenoxy) is 1. The van der Waals surface area contributed by atoms with Crippen LogP contribution in [0, 0.1) is 18.3 Å². The minimum Gasteiger partial charge on any atom is -0.495 e. The number of amides is 1. The number of benzene rings is 2. The molecule has 0 spiro atoms. The lowest BCUT2D eigenvalue weighted by Gasteiger charge is -2.23. The number of rotatable bonds is 8. The molecule has 8 nitrogen and oxygen atoms in total. The number of hydrogen-bond donors (Lipinski definition) is 0. The number of carbonyl (C=O) groups excluding carboxylic acids is 1. The standard InChI is InChI=1S/C20H20N6O2S/c1-15-8-10-16(11-9-15)26-20(22-23-24-26)29-14-19(27)25(13-5-12-21)17-6-3-4-7-18(17)28-2/h3-4,6-11H,5,13-14H2,1-2H3. The van der Waals surface area contributed by atoms with Crippen LogP contribution in [0.4, 0.5) is 5.69 Å². The van der Waals surface area contributed by atoms with Crippen molar-refractivity contribution in [1.82, 2.24) is 20.2 Å². The molecule has 0 atom stereocenters. The fraction of sp³-hybridized carbons (Fsp3) is 0.250. The van der Waals surface area contributed by atoms with Crippen LogP contribution in [0.1, 0.15) is 12.0 Å². The zero-order valence-corrected chi connectivity index (χ0v) is 17.0. The molecule has 1 amide bonds. The molecule has 0 saturated carbocycles. The third kappa shape index (κ3) is 4.92. The Kier molecular flexibility index (Phi) is 6.81. The van der Waals surface area contributed by atoms with E-state index in [2.05, 4.69) is 21.6 Å². The normalized spacial score (nSPS) is 10.4. The van der Waals surface area contributed by atoms with Crippen LogP contribution in [0.5, 0.6) is 5.75 Å². The van der Waals surface area contributed by atoms with E-state index in [0.29, 0.717) is 16.6 Å². The average molecular weight is 408 g/mol. The van der Waals surface area contributed by atoms with Crippen molar-refractivity contribution in [3.05, 3.63) is 54.1 Å². The summed E-state index contributed by atoms with van der Waals surface area (Å²) in [4.78, 5) is 14.5. The zero-order valence-electron chi connectivity index (χ0n) is 16.1. The Hall–Kier alpha value is -3.38. The molecular formula is C20H20N6O2S. The summed E-state index contributed by atoms with van der Waals surface area (Å²) in [5, 5.41) is 21.3. The molecule has 0 aliphatic carbocycles. The second kappa shape index (κ2) is 9.71. The lowest BCUT2D eigenvalue weighted by molar-refractivity contribution is -0.116. The first-order valence-electron chi connectivity index (χ1n) is 8.92. The van der Waals surface area contributed by atoms with Gasteiger partial charge >= 0.3 is 0 Å². The molecular weight excluding hydrogens is 388 g/mol. The van der Waals surface area contributed by atoms with E-state index in [4.69, 9.17) is 10.00 Å². The van der Waals surface area contributed by atoms with Crippen LogP contribution in [0.2, 0.25) is 0 Å². The van der Waals surface area contributed by atoms with Crippen molar-refractivity contribution in [2.45, 2.75) is 18.5 Å². The van der Waals surface area contributed by atoms with Crippen LogP contribution < -0.4 is 9.64 Å². The van der Waals surface area contributed by atoms with Crippen molar-refractivity contribution in [3.63, 3.8) is 0 Å². The van der Waals surface area contributed by atoms with Crippen LogP contribution in [-0.4, -0.2) is 45.5 Å². The predicted octanol–water partition coefficient (Wildman–Crippen LogP) is 3.02. The first-order chi connectivity index (χ1) is 14.1. The van der Waals surface area contributed by atoms with E-state index in [1.165, 1.54) is 11.8 Å². The Labute approximate surface area is 173 Å². The number of anilines is 1. The molecule has 2 aromatic carbocycles. The zero-order chi connectivity index (χ0) is 20.6. The largest absolute Gasteiger partial charge is 0.495 e. The molecule has 3 rings (SSSR count). The molecule has 0 aliphatic heterocycles. The topological polar surface area (TPSA) is 96.9 Å². The molecule has 0 aliphatic rings. The van der Waals surface area contributed by atoms with Crippen LogP contribution in [0.15, 0.2) is 53.7 Å². The van der Waals surface area contributed by atoms with E-state index in [9.17, 15) is 4.79 Å². The van der Waals surface area contributed by atoms with Gasteiger partial charge in [0.2, 0.25) is 11.1 Å². The number of tetrazole rings is 1. The third-order valence-corrected chi connectivity index (χ3v) is 5.07. The number of carbonyl (C=O) groups is 1. The number of hydrogen-bond acceptors (Lipinski definition) is 7. The number of aryl methyl sites for hydroxylation is 1. The number of thioether (sulfide) groups is 1. The fourth-order valence-corrected chi connectivity index (χ4v) is 3.48. The molecule has 0 fully saturated rings. The molecule has 148 valence electrons. The summed E-state index contributed by atoms with van der Waals surface area (Å²) in [5.41, 5.74) is 2.59. The van der Waals surface area contributed by atoms with Gasteiger partial charge < -0.3 is 9.64 Å². The number of aromatic nitrogens is 4. The Balaban J connectivity index is 1.77. The highest BCUT2D eigenvalue weighted by Gasteiger charge is 2.20. The van der Waals surface area contributed by atoms with Gasteiger partial charge in [-0.05, 0) is 41.6 Å². The van der Waals surface area contributed by atoms with Crippen molar-refractivity contribution in [2.75, 3.05) is 24.3 Å². The highest BCUT2D eigenvalue weighted by atomic mass is 32.2. The van der Waals surface area contributed by atoms with Gasteiger partial charge in [0.25, 0.3) is 0 Å². The van der Waals surface area contributed by atoms with Gasteiger partial charge in [-0.15, -0.1) is 5.10 Å². The monoisotopic (exact) mass is 408 g/mol. The van der Waals surface area contributed by atoms with Gasteiger partial charge in [-0.25, -0.2) is 0 Å². The second-order valence-electron chi connectivity index (χ2n) is 6.12. The van der Waals surface area contributed by atoms with Gasteiger partial charge in [-0.1, -0.05) is 41.6 Å². The van der Waals surface area contributed by atoms with E-state index >= 15 is 0 Å². The van der Waals surface area contributed by atoms with Crippen molar-refractivity contribution in [1.29, 1.82) is 5.26 Å². The van der Waals surface area contributed by atoms with Gasteiger partial charge in [-0.2, -0.15) is 9.94 Å². The van der Waals surface area contributed by atoms with Crippen molar-refractivity contribution in [2.24, 2.45) is 0 Å². The minimum atomic E-state index is -0.159. The molecule has 0 unspecified atom stereocenters. The maximum Gasteiger partial charge on any atom is 0.237 e. The molecule has 0 radical (unpaired) electrons. The molecule has 1 aromatic heterocycles. The SMILES string of the molecule is COc1ccccc1N(CCC#N)C(=O)CSc1nnnn1-c1ccc(C)cc1. The van der Waals surface area contributed by atoms with Crippen molar-refractivity contribution < 1.29 is 9.53 Å². The number of para-hydroxylation sites is 2. The summed E-state index contributed by atoms with van der Waals surface area (Å²) in [6.45, 7) is 2.28. The average Bonchev–Trinajstić information content (AvgIpc) is 3.22. The Morgan fingerprint density at radius 2 is 2.00 bits per heavy atom. The number of nitriles is 1. The van der Waals surface area contributed by atoms with Gasteiger partial charge in [0.15, 0.2) is 0 Å². The smallest absolute Gasteiger partial charge is 0.237 e. The lowest BCUT2D eigenvalue weighted by atomic mass is 10.2. The third-order valence-electron chi connectivity index (χ3n) is 4.17. The first kappa shape index (κ1) is 20.4. The van der Waals surface area contributed by atoms with Gasteiger partial charge in [0.05, 0.1) is 36.7 Å². The van der Waals surface area contributed by atoms with E-state index < -0.39 is 0 Å². The molecule has 0 N–H and O–H groups in total. The fourth-order valence-electron chi connectivity index (χ4n) is 2.72. The van der Waals surface area contributed by atoms with Crippen LogP contribution in [0.3, 0.4) is 0 Å². The molecule has 9 heteroatoms. The van der Waals surface area contributed by atoms with Gasteiger partial charge in [-0.3, -0.25) is 4.79 Å². The molecule has 0 saturated heterocycles. The van der Waals surface area contributed by atoms with E-state index in [1.54, 1.807) is 28.8 Å². The summed E-state index contributed by atoms with van der Waals surface area (Å²) < 4.78 is 6.97. The van der Waals surface area contributed by atoms with Crippen LogP contribution in [-0.2, 0) is 4.79 Å². The molecule has 0 bridgehead atoms. The van der Waals surface area contributed by atoms with Crippen LogP contribution >= 0.6 is 11.8 Å². The van der Waals surface area contributed by atoms with E-state index in [-0.39, 0.29) is 24.6 Å². The Morgan fingerprint density at radius 3 is 2.72 bits per heavy atom. The van der Waals surface area contributed by atoms with E-state index in [0.717, 1.165) is 11.3 Å². The van der Waals surface area contributed by atoms with Crippen molar-refractivity contribution in [3.8, 4) is 17.5 Å². The van der Waals surface area contributed by atoms with Crippen LogP contribution in [0.25, 0.3) is 5.69 Å². The molecule has 29 heavy (non-hydrogen) atoms. The van der Waals surface area contributed by atoms with E-state index in [1.807, 2.05) is 43.3 Å². The highest BCUT2D eigenvalue weighted by molar-refractivity contribution is 7.99. The summed E-state index contributed by atoms with van der Waals surface area (Å²) >= 11 is 1.24. The first-order valence-corrected chi connectivity index (χ1v) is 9.91. The molecule has 3 aromatic rings. The van der Waals surface area contributed by atoms with Gasteiger partial charge in [0.1, 0.15) is 5.75 Å². The maximum atomic E-state index is 13.0. The molecule has 1 heterocycles. The highest BCUT2D eigenvalue weighted by Crippen LogP contribution is 2.29. The summed E-state index contributed by atoms with van der Waals surface area (Å²) in [5.74, 6) is 0.539. The minimum absolute atomic E-state index is 0.121. The quantitative estimate of drug-likeness (QED) is 0.529. The van der Waals surface area contributed by atoms with Gasteiger partial charge in [0, 0.05) is 6.54 Å². The number of nitrogens with zero attached hydrogens (tertiary/aromatic N) is 6. The summed E-state index contributed by atoms with van der Waals surface area (Å²) in [7, 11) is 1.55. The lowest BCUT2D eigenvalue weighted by Crippen LogP contribution is -2.33. The predicted molar refractivity (Wildman–Crippen MR) is 110 cm³/mol. The second-order valence-corrected chi connectivity index (χ2v) is 7.07. The van der Waals surface area contributed by atoms with Crippen molar-refractivity contribution >= 4 is 23.4 Å². The summed E-state index contributed by atoms with van der Waals surface area (Å²) in [6.07, 6.45) is 0.218. The number of methoxy groups -OCH3 is 1. The Bertz CT molecular complexity index is 1010.